The Morgan fingerprint density at radius 1 is 0.936 bits per heavy atom. The number of aromatic nitrogens is 3. The first kappa shape index (κ1) is 27.2. The molecule has 5 heterocycles. The third-order valence-corrected chi connectivity index (χ3v) is 11.1. The van der Waals surface area contributed by atoms with Gasteiger partial charge >= 0.3 is 0 Å². The van der Waals surface area contributed by atoms with Gasteiger partial charge in [0.2, 0.25) is 0 Å². The first-order chi connectivity index (χ1) is 23.0. The summed E-state index contributed by atoms with van der Waals surface area (Å²) in [5.41, 5.74) is 15.8. The monoisotopic (exact) mass is 611 g/mol. The third-order valence-electron chi connectivity index (χ3n) is 11.1. The van der Waals surface area contributed by atoms with Gasteiger partial charge in [0.05, 0.1) is 34.6 Å². The number of nitrogens with zero attached hydrogens (tertiary/aromatic N) is 3. The van der Waals surface area contributed by atoms with E-state index in [1.54, 1.807) is 5.57 Å². The fraction of sp³-hybridized carbons (Fsp3) is 0.256. The van der Waals surface area contributed by atoms with Crippen molar-refractivity contribution in [2.45, 2.75) is 65.7 Å². The second-order valence-corrected chi connectivity index (χ2v) is 14.3. The van der Waals surface area contributed by atoms with Crippen LogP contribution >= 0.6 is 0 Å². The van der Waals surface area contributed by atoms with Crippen molar-refractivity contribution in [2.24, 2.45) is 5.92 Å². The van der Waals surface area contributed by atoms with Gasteiger partial charge in [-0.25, -0.2) is 0 Å². The van der Waals surface area contributed by atoms with Gasteiger partial charge in [0.25, 0.3) is 0 Å². The minimum absolute atomic E-state index is 0.457. The molecule has 2 aliphatic rings. The lowest BCUT2D eigenvalue weighted by Crippen LogP contribution is -1.97. The summed E-state index contributed by atoms with van der Waals surface area (Å²) in [4.78, 5) is 10.1. The SMILES string of the molecule is CCCC/C(C)=C/c1c(C)ncc2c1c1cc(-c3cccc4oc5ccccc5c34)cc3c4c5c(ncc4n2c13)C=C1CC(C)CC15. The van der Waals surface area contributed by atoms with Crippen molar-refractivity contribution in [2.75, 3.05) is 0 Å². The molecule has 1 fully saturated rings. The summed E-state index contributed by atoms with van der Waals surface area (Å²) in [7, 11) is 0. The van der Waals surface area contributed by atoms with Crippen LogP contribution in [0.2, 0.25) is 0 Å². The lowest BCUT2D eigenvalue weighted by molar-refractivity contribution is 0.597. The van der Waals surface area contributed by atoms with Gasteiger partial charge in [-0.2, -0.15) is 0 Å². The second kappa shape index (κ2) is 9.78. The van der Waals surface area contributed by atoms with Gasteiger partial charge in [-0.1, -0.05) is 67.8 Å². The van der Waals surface area contributed by atoms with E-state index in [-0.39, 0.29) is 0 Å². The third kappa shape index (κ3) is 3.70. The van der Waals surface area contributed by atoms with E-state index in [0.29, 0.717) is 11.8 Å². The molecule has 2 atom stereocenters. The summed E-state index contributed by atoms with van der Waals surface area (Å²) in [5, 5.41) is 7.59. The summed E-state index contributed by atoms with van der Waals surface area (Å²) in [6, 6.07) is 19.8. The highest BCUT2D eigenvalue weighted by molar-refractivity contribution is 6.27. The molecule has 2 aliphatic carbocycles. The van der Waals surface area contributed by atoms with E-state index in [1.165, 1.54) is 91.5 Å². The highest BCUT2D eigenvalue weighted by Crippen LogP contribution is 2.54. The average Bonchev–Trinajstić information content (AvgIpc) is 3.87. The van der Waals surface area contributed by atoms with E-state index < -0.39 is 0 Å². The molecule has 10 rings (SSSR count). The molecule has 0 aliphatic heterocycles. The molecule has 1 saturated carbocycles. The fourth-order valence-electron chi connectivity index (χ4n) is 9.08. The molecule has 5 aromatic heterocycles. The molecule has 2 unspecified atom stereocenters. The van der Waals surface area contributed by atoms with Gasteiger partial charge in [-0.3, -0.25) is 9.97 Å². The number of hydrogen-bond acceptors (Lipinski definition) is 3. The highest BCUT2D eigenvalue weighted by Gasteiger charge is 2.37. The van der Waals surface area contributed by atoms with E-state index in [0.717, 1.165) is 39.9 Å². The van der Waals surface area contributed by atoms with Crippen LogP contribution in [0.1, 0.15) is 81.3 Å². The number of allylic oxidation sites excluding steroid dienone is 2. The van der Waals surface area contributed by atoms with Crippen molar-refractivity contribution >= 4 is 72.2 Å². The summed E-state index contributed by atoms with van der Waals surface area (Å²) in [6.45, 7) is 9.09. The topological polar surface area (TPSA) is 43.3 Å². The van der Waals surface area contributed by atoms with Crippen LogP contribution in [0.15, 0.2) is 82.6 Å². The normalized spacial score (nSPS) is 18.1. The standard InChI is InChI=1S/C43H37N3O/c1-5-6-10-23(2)16-30-25(4)44-21-35-39(30)32-18-27(28-12-9-14-38-40(28)29-11-7-8-13-37(29)47-38)19-33-42-36(46(35)43(32)33)22-45-34-20-26-15-24(3)17-31(26)41(34)42/h7-9,11-14,16,18-22,24,31H,5-6,10,15,17H2,1-4H3/b23-16+. The molecule has 0 radical (unpaired) electrons. The summed E-state index contributed by atoms with van der Waals surface area (Å²) in [6.07, 6.45) is 14.9. The Morgan fingerprint density at radius 3 is 2.60 bits per heavy atom. The highest BCUT2D eigenvalue weighted by atomic mass is 16.3. The number of rotatable bonds is 5. The Bertz CT molecular complexity index is 2660. The van der Waals surface area contributed by atoms with Crippen molar-refractivity contribution < 1.29 is 4.42 Å². The largest absolute Gasteiger partial charge is 0.456 e. The lowest BCUT2D eigenvalue weighted by atomic mass is 9.91. The molecule has 4 heteroatoms. The van der Waals surface area contributed by atoms with Gasteiger partial charge in [-0.15, -0.1) is 0 Å². The van der Waals surface area contributed by atoms with Crippen molar-refractivity contribution in [3.05, 3.63) is 101 Å². The van der Waals surface area contributed by atoms with E-state index in [9.17, 15) is 0 Å². The molecule has 0 N–H and O–H groups in total. The molecule has 3 aromatic carbocycles. The number of furan rings is 1. The molecule has 4 nitrogen and oxygen atoms in total. The fourth-order valence-corrected chi connectivity index (χ4v) is 9.08. The Labute approximate surface area is 273 Å². The second-order valence-electron chi connectivity index (χ2n) is 14.3. The van der Waals surface area contributed by atoms with E-state index in [4.69, 9.17) is 14.4 Å². The Morgan fingerprint density at radius 2 is 1.72 bits per heavy atom. The maximum atomic E-state index is 6.37. The number of fused-ring (bicyclic) bond motifs is 13. The summed E-state index contributed by atoms with van der Waals surface area (Å²) in [5.74, 6) is 1.16. The zero-order valence-electron chi connectivity index (χ0n) is 27.4. The Hall–Kier alpha value is -4.96. The zero-order valence-corrected chi connectivity index (χ0v) is 27.4. The number of hydrogen-bond donors (Lipinski definition) is 0. The molecule has 8 aromatic rings. The van der Waals surface area contributed by atoms with Crippen LogP contribution < -0.4 is 0 Å². The maximum absolute atomic E-state index is 6.37. The first-order valence-electron chi connectivity index (χ1n) is 17.3. The number of pyridine rings is 2. The van der Waals surface area contributed by atoms with Gasteiger partial charge in [0.1, 0.15) is 11.2 Å². The molecule has 47 heavy (non-hydrogen) atoms. The van der Waals surface area contributed by atoms with Crippen molar-refractivity contribution in [1.29, 1.82) is 0 Å². The van der Waals surface area contributed by atoms with Crippen LogP contribution in [0.4, 0.5) is 0 Å². The minimum Gasteiger partial charge on any atom is -0.456 e. The Balaban J connectivity index is 1.37. The molecule has 0 amide bonds. The molecule has 0 saturated heterocycles. The number of benzene rings is 3. The first-order valence-corrected chi connectivity index (χ1v) is 17.3. The average molecular weight is 612 g/mol. The van der Waals surface area contributed by atoms with Crippen molar-refractivity contribution in [3.8, 4) is 11.1 Å². The van der Waals surface area contributed by atoms with E-state index in [2.05, 4.69) is 111 Å². The number of aryl methyl sites for hydroxylation is 1. The van der Waals surface area contributed by atoms with Crippen LogP contribution in [-0.4, -0.2) is 14.4 Å². The van der Waals surface area contributed by atoms with E-state index in [1.807, 2.05) is 0 Å². The predicted octanol–water partition coefficient (Wildman–Crippen LogP) is 12.0. The Kier molecular flexibility index (Phi) is 5.65. The van der Waals surface area contributed by atoms with Gasteiger partial charge in [0, 0.05) is 49.5 Å². The van der Waals surface area contributed by atoms with Crippen LogP contribution in [0.5, 0.6) is 0 Å². The van der Waals surface area contributed by atoms with Gasteiger partial charge in [-0.05, 0) is 92.5 Å². The van der Waals surface area contributed by atoms with Crippen molar-refractivity contribution in [1.82, 2.24) is 14.4 Å². The van der Waals surface area contributed by atoms with Crippen LogP contribution in [0.3, 0.4) is 0 Å². The number of para-hydroxylation sites is 1. The number of unbranched alkanes of at least 4 members (excludes halogenated alkanes) is 1. The van der Waals surface area contributed by atoms with Crippen LogP contribution in [0, 0.1) is 12.8 Å². The quantitative estimate of drug-likeness (QED) is 0.194. The van der Waals surface area contributed by atoms with Crippen LogP contribution in [0.25, 0.3) is 83.3 Å². The molecular formula is C43H37N3O. The predicted molar refractivity (Wildman–Crippen MR) is 196 cm³/mol. The molecule has 0 spiro atoms. The van der Waals surface area contributed by atoms with Gasteiger partial charge in [0.15, 0.2) is 0 Å². The lowest BCUT2D eigenvalue weighted by Gasteiger charge is -2.13. The summed E-state index contributed by atoms with van der Waals surface area (Å²) < 4.78 is 8.85. The molecule has 230 valence electrons. The maximum Gasteiger partial charge on any atom is 0.136 e. The smallest absolute Gasteiger partial charge is 0.136 e. The molecule has 0 bridgehead atoms. The zero-order chi connectivity index (χ0) is 31.6. The van der Waals surface area contributed by atoms with E-state index >= 15 is 0 Å². The molecular weight excluding hydrogens is 574 g/mol. The summed E-state index contributed by atoms with van der Waals surface area (Å²) >= 11 is 0. The van der Waals surface area contributed by atoms with Crippen molar-refractivity contribution in [3.63, 3.8) is 0 Å². The van der Waals surface area contributed by atoms with Gasteiger partial charge < -0.3 is 8.82 Å². The minimum atomic E-state index is 0.457. The van der Waals surface area contributed by atoms with Crippen LogP contribution in [-0.2, 0) is 0 Å².